The van der Waals surface area contributed by atoms with Crippen molar-refractivity contribution in [3.8, 4) is 23.1 Å². The summed E-state index contributed by atoms with van der Waals surface area (Å²) in [7, 11) is 0. The molecule has 4 aromatic rings. The maximum Gasteiger partial charge on any atom is 0.262 e. The first-order valence-electron chi connectivity index (χ1n) is 9.10. The molecule has 0 aliphatic rings. The van der Waals surface area contributed by atoms with Gasteiger partial charge >= 0.3 is 0 Å². The lowest BCUT2D eigenvalue weighted by atomic mass is 10.0. The molecule has 0 spiro atoms. The highest BCUT2D eigenvalue weighted by Crippen LogP contribution is 2.33. The smallest absolute Gasteiger partial charge is 0.262 e. The van der Waals surface area contributed by atoms with Gasteiger partial charge in [0.15, 0.2) is 6.61 Å². The number of nitrogens with zero attached hydrogens (tertiary/aromatic N) is 2. The van der Waals surface area contributed by atoms with Gasteiger partial charge in [0.25, 0.3) is 5.91 Å². The first-order valence-corrected chi connectivity index (χ1v) is 9.10. The Kier molecular flexibility index (Phi) is 5.17. The van der Waals surface area contributed by atoms with Crippen molar-refractivity contribution in [1.82, 2.24) is 4.98 Å². The van der Waals surface area contributed by atoms with Gasteiger partial charge in [-0.1, -0.05) is 42.5 Å². The van der Waals surface area contributed by atoms with E-state index in [1.807, 2.05) is 48.5 Å². The van der Waals surface area contributed by atoms with E-state index in [1.165, 1.54) is 0 Å². The minimum atomic E-state index is -0.289. The number of anilines is 1. The van der Waals surface area contributed by atoms with Gasteiger partial charge in [-0.25, -0.2) is 0 Å². The van der Waals surface area contributed by atoms with Gasteiger partial charge in [0.1, 0.15) is 11.4 Å². The van der Waals surface area contributed by atoms with Gasteiger partial charge in [0.05, 0.1) is 11.6 Å². The Hall–Kier alpha value is -4.17. The number of hydrogen-bond acceptors (Lipinski definition) is 4. The normalized spacial score (nSPS) is 10.3. The number of hydrogen-bond donors (Lipinski definition) is 1. The van der Waals surface area contributed by atoms with Crippen LogP contribution in [-0.4, -0.2) is 17.5 Å². The van der Waals surface area contributed by atoms with E-state index in [4.69, 9.17) is 10.00 Å². The summed E-state index contributed by atoms with van der Waals surface area (Å²) in [6, 6.07) is 26.4. The van der Waals surface area contributed by atoms with Crippen LogP contribution in [0.4, 0.5) is 5.69 Å². The molecule has 0 aliphatic heterocycles. The molecule has 0 radical (unpaired) electrons. The summed E-state index contributed by atoms with van der Waals surface area (Å²) in [5.74, 6) is 0.251. The van der Waals surface area contributed by atoms with Crippen LogP contribution in [-0.2, 0) is 4.79 Å². The summed E-state index contributed by atoms with van der Waals surface area (Å²) in [6.07, 6.45) is 1.71. The lowest BCUT2D eigenvalue weighted by molar-refractivity contribution is -0.118. The van der Waals surface area contributed by atoms with Crippen LogP contribution in [0.5, 0.6) is 5.75 Å². The molecule has 0 saturated heterocycles. The van der Waals surface area contributed by atoms with Gasteiger partial charge in [-0.05, 0) is 47.2 Å². The number of rotatable bonds is 5. The van der Waals surface area contributed by atoms with E-state index in [1.54, 1.807) is 42.6 Å². The van der Waals surface area contributed by atoms with Crippen molar-refractivity contribution in [2.24, 2.45) is 0 Å². The number of ether oxygens (including phenoxy) is 1. The third-order valence-corrected chi connectivity index (χ3v) is 4.47. The van der Waals surface area contributed by atoms with Crippen molar-refractivity contribution in [3.05, 3.63) is 90.6 Å². The first-order chi connectivity index (χ1) is 14.2. The minimum Gasteiger partial charge on any atom is -0.481 e. The molecule has 0 saturated carbocycles. The summed E-state index contributed by atoms with van der Waals surface area (Å²) in [5.41, 5.74) is 2.79. The quantitative estimate of drug-likeness (QED) is 0.541. The highest BCUT2D eigenvalue weighted by Gasteiger charge is 2.12. The predicted octanol–water partition coefficient (Wildman–Crippen LogP) is 4.79. The van der Waals surface area contributed by atoms with Crippen LogP contribution in [0.1, 0.15) is 5.56 Å². The maximum atomic E-state index is 12.3. The second-order valence-corrected chi connectivity index (χ2v) is 6.40. The van der Waals surface area contributed by atoms with Crippen LogP contribution in [0.25, 0.3) is 22.0 Å². The fourth-order valence-corrected chi connectivity index (χ4v) is 3.11. The molecule has 4 rings (SSSR count). The predicted molar refractivity (Wildman–Crippen MR) is 112 cm³/mol. The zero-order valence-corrected chi connectivity index (χ0v) is 15.5. The molecule has 0 atom stereocenters. The minimum absolute atomic E-state index is 0.149. The number of pyridine rings is 1. The molecule has 1 N–H and O–H groups in total. The topological polar surface area (TPSA) is 75.0 Å². The summed E-state index contributed by atoms with van der Waals surface area (Å²) in [4.78, 5) is 16.8. The molecule has 1 aromatic heterocycles. The largest absolute Gasteiger partial charge is 0.481 e. The van der Waals surface area contributed by atoms with Crippen molar-refractivity contribution in [1.29, 1.82) is 5.26 Å². The fourth-order valence-electron chi connectivity index (χ4n) is 3.11. The van der Waals surface area contributed by atoms with Crippen LogP contribution in [0.15, 0.2) is 85.1 Å². The number of aromatic nitrogens is 1. The third kappa shape index (κ3) is 4.07. The number of carbonyl (C=O) groups excluding carboxylic acids is 1. The van der Waals surface area contributed by atoms with Gasteiger partial charge in [0.2, 0.25) is 0 Å². The second-order valence-electron chi connectivity index (χ2n) is 6.40. The third-order valence-electron chi connectivity index (χ3n) is 4.47. The van der Waals surface area contributed by atoms with E-state index >= 15 is 0 Å². The standard InChI is InChI=1S/C24H17N3O2/c25-15-17-10-12-19(13-11-17)27-23(28)16-29-22-9-4-14-26-24(22)21-8-3-6-18-5-1-2-7-20(18)21/h1-14H,16H2,(H,27,28). The molecule has 0 bridgehead atoms. The Bertz CT molecular complexity index is 1210. The number of nitriles is 1. The zero-order chi connectivity index (χ0) is 20.1. The molecule has 5 heteroatoms. The fraction of sp³-hybridized carbons (Fsp3) is 0.0417. The van der Waals surface area contributed by atoms with Gasteiger partial charge in [-0.15, -0.1) is 0 Å². The van der Waals surface area contributed by atoms with Crippen molar-refractivity contribution in [3.63, 3.8) is 0 Å². The molecular formula is C24H17N3O2. The molecule has 3 aromatic carbocycles. The average molecular weight is 379 g/mol. The van der Waals surface area contributed by atoms with Gasteiger partial charge in [-0.2, -0.15) is 5.26 Å². The van der Waals surface area contributed by atoms with Crippen LogP contribution >= 0.6 is 0 Å². The van der Waals surface area contributed by atoms with E-state index < -0.39 is 0 Å². The zero-order valence-electron chi connectivity index (χ0n) is 15.5. The van der Waals surface area contributed by atoms with Gasteiger partial charge in [0, 0.05) is 17.4 Å². The van der Waals surface area contributed by atoms with Crippen LogP contribution < -0.4 is 10.1 Å². The molecule has 140 valence electrons. The Balaban J connectivity index is 1.53. The van der Waals surface area contributed by atoms with Crippen molar-refractivity contribution < 1.29 is 9.53 Å². The summed E-state index contributed by atoms with van der Waals surface area (Å²) < 4.78 is 5.79. The van der Waals surface area contributed by atoms with Crippen molar-refractivity contribution in [2.75, 3.05) is 11.9 Å². The lowest BCUT2D eigenvalue weighted by Gasteiger charge is -2.12. The molecular weight excluding hydrogens is 362 g/mol. The average Bonchev–Trinajstić information content (AvgIpc) is 2.78. The Morgan fingerprint density at radius 2 is 1.76 bits per heavy atom. The van der Waals surface area contributed by atoms with E-state index in [-0.39, 0.29) is 12.5 Å². The number of fused-ring (bicyclic) bond motifs is 1. The van der Waals surface area contributed by atoms with E-state index in [9.17, 15) is 4.79 Å². The number of carbonyl (C=O) groups is 1. The van der Waals surface area contributed by atoms with E-state index in [2.05, 4.69) is 10.3 Å². The van der Waals surface area contributed by atoms with E-state index in [0.717, 1.165) is 16.3 Å². The Morgan fingerprint density at radius 1 is 0.966 bits per heavy atom. The molecule has 1 heterocycles. The number of amides is 1. The number of benzene rings is 3. The summed E-state index contributed by atoms with van der Waals surface area (Å²) in [5, 5.41) is 13.8. The van der Waals surface area contributed by atoms with E-state index in [0.29, 0.717) is 22.7 Å². The molecule has 0 fully saturated rings. The maximum absolute atomic E-state index is 12.3. The van der Waals surface area contributed by atoms with Crippen LogP contribution in [0.3, 0.4) is 0 Å². The number of nitrogens with one attached hydrogen (secondary N) is 1. The first kappa shape index (κ1) is 18.2. The molecule has 5 nitrogen and oxygen atoms in total. The summed E-state index contributed by atoms with van der Waals surface area (Å²) >= 11 is 0. The monoisotopic (exact) mass is 379 g/mol. The summed E-state index contributed by atoms with van der Waals surface area (Å²) in [6.45, 7) is -0.149. The highest BCUT2D eigenvalue weighted by atomic mass is 16.5. The highest BCUT2D eigenvalue weighted by molar-refractivity contribution is 5.97. The molecule has 0 aliphatic carbocycles. The SMILES string of the molecule is N#Cc1ccc(NC(=O)COc2cccnc2-c2cccc3ccccc23)cc1. The van der Waals surface area contributed by atoms with Gasteiger partial charge < -0.3 is 10.1 Å². The Morgan fingerprint density at radius 3 is 2.59 bits per heavy atom. The molecule has 0 unspecified atom stereocenters. The van der Waals surface area contributed by atoms with Gasteiger partial charge in [-0.3, -0.25) is 9.78 Å². The van der Waals surface area contributed by atoms with Crippen LogP contribution in [0, 0.1) is 11.3 Å². The molecule has 29 heavy (non-hydrogen) atoms. The second kappa shape index (κ2) is 8.24. The van der Waals surface area contributed by atoms with Crippen LogP contribution in [0.2, 0.25) is 0 Å². The Labute approximate surface area is 168 Å². The van der Waals surface area contributed by atoms with Crippen molar-refractivity contribution >= 4 is 22.4 Å². The molecule has 1 amide bonds. The lowest BCUT2D eigenvalue weighted by Crippen LogP contribution is -2.20. The van der Waals surface area contributed by atoms with Crippen molar-refractivity contribution in [2.45, 2.75) is 0 Å².